The summed E-state index contributed by atoms with van der Waals surface area (Å²) in [5.74, 6) is 0.0179. The molecule has 1 aliphatic heterocycles. The van der Waals surface area contributed by atoms with E-state index >= 15 is 0 Å². The zero-order chi connectivity index (χ0) is 12.2. The molecule has 1 N–H and O–H groups in total. The van der Waals surface area contributed by atoms with Gasteiger partial charge in [-0.05, 0) is 40.0 Å². The minimum atomic E-state index is -0.847. The number of hydrogen-bond donors (Lipinski definition) is 1. The van der Waals surface area contributed by atoms with E-state index in [1.54, 1.807) is 18.7 Å². The Labute approximate surface area is 97.6 Å². The first kappa shape index (κ1) is 13.5. The highest BCUT2D eigenvalue weighted by molar-refractivity contribution is 5.81. The maximum Gasteiger partial charge on any atom is 0.251 e. The molecule has 4 heteroatoms. The Kier molecular flexibility index (Phi) is 4.74. The number of amides is 1. The maximum absolute atomic E-state index is 12.1. The van der Waals surface area contributed by atoms with Gasteiger partial charge in [-0.1, -0.05) is 0 Å². The number of likely N-dealkylation sites (N-methyl/N-ethyl adjacent to an activating group) is 1. The first-order valence-corrected chi connectivity index (χ1v) is 6.07. The zero-order valence-corrected chi connectivity index (χ0v) is 10.5. The molecule has 0 aromatic carbocycles. The highest BCUT2D eigenvalue weighted by Crippen LogP contribution is 2.16. The summed E-state index contributed by atoms with van der Waals surface area (Å²) in [6, 6.07) is 0. The lowest BCUT2D eigenvalue weighted by Crippen LogP contribution is -2.47. The van der Waals surface area contributed by atoms with Crippen LogP contribution < -0.4 is 0 Å². The molecule has 0 aliphatic carbocycles. The molecular formula is C12H23NO3. The Morgan fingerprint density at radius 2 is 2.19 bits per heavy atom. The molecule has 1 rings (SSSR count). The van der Waals surface area contributed by atoms with Gasteiger partial charge in [0, 0.05) is 19.7 Å². The van der Waals surface area contributed by atoms with Gasteiger partial charge in [-0.25, -0.2) is 0 Å². The van der Waals surface area contributed by atoms with Crippen LogP contribution in [0.5, 0.6) is 0 Å². The number of rotatable bonds is 4. The molecule has 1 atom stereocenters. The second-order valence-corrected chi connectivity index (χ2v) is 5.02. The van der Waals surface area contributed by atoms with Crippen LogP contribution in [0, 0.1) is 0 Å². The summed E-state index contributed by atoms with van der Waals surface area (Å²) in [7, 11) is 0. The van der Waals surface area contributed by atoms with E-state index in [-0.39, 0.29) is 12.0 Å². The number of aliphatic hydroxyl groups is 1. The van der Waals surface area contributed by atoms with Gasteiger partial charge in [0.05, 0.1) is 5.60 Å². The van der Waals surface area contributed by atoms with Crippen molar-refractivity contribution in [2.45, 2.75) is 51.7 Å². The second-order valence-electron chi connectivity index (χ2n) is 5.02. The van der Waals surface area contributed by atoms with Crippen molar-refractivity contribution in [2.24, 2.45) is 0 Å². The van der Waals surface area contributed by atoms with Crippen LogP contribution in [0.15, 0.2) is 0 Å². The molecule has 0 aromatic heterocycles. The van der Waals surface area contributed by atoms with Crippen LogP contribution >= 0.6 is 0 Å². The molecular weight excluding hydrogens is 206 g/mol. The molecule has 1 aliphatic rings. The lowest BCUT2D eigenvalue weighted by molar-refractivity contribution is -0.149. The standard InChI is InChI=1S/C12H23NO3/c1-4-13(9-12(2,3)15)11(14)10-7-5-6-8-16-10/h10,15H,4-9H2,1-3H3. The SMILES string of the molecule is CCN(CC(C)(C)O)C(=O)C1CCCCO1. The smallest absolute Gasteiger partial charge is 0.251 e. The number of carbonyl (C=O) groups is 1. The Morgan fingerprint density at radius 3 is 2.62 bits per heavy atom. The number of ether oxygens (including phenoxy) is 1. The van der Waals surface area contributed by atoms with Crippen LogP contribution in [-0.4, -0.2) is 47.3 Å². The molecule has 0 saturated carbocycles. The summed E-state index contributed by atoms with van der Waals surface area (Å²) in [4.78, 5) is 13.8. The molecule has 4 nitrogen and oxygen atoms in total. The fourth-order valence-corrected chi connectivity index (χ4v) is 1.95. The Balaban J connectivity index is 2.54. The van der Waals surface area contributed by atoms with Crippen LogP contribution in [0.2, 0.25) is 0 Å². The first-order valence-electron chi connectivity index (χ1n) is 6.07. The van der Waals surface area contributed by atoms with Crippen molar-refractivity contribution in [1.29, 1.82) is 0 Å². The molecule has 0 radical (unpaired) electrons. The number of carbonyl (C=O) groups excluding carboxylic acids is 1. The molecule has 1 unspecified atom stereocenters. The lowest BCUT2D eigenvalue weighted by Gasteiger charge is -2.32. The predicted molar refractivity (Wildman–Crippen MR) is 62.1 cm³/mol. The van der Waals surface area contributed by atoms with Crippen molar-refractivity contribution in [2.75, 3.05) is 19.7 Å². The van der Waals surface area contributed by atoms with Gasteiger partial charge in [0.2, 0.25) is 0 Å². The minimum absolute atomic E-state index is 0.0179. The fourth-order valence-electron chi connectivity index (χ4n) is 1.95. The third-order valence-electron chi connectivity index (χ3n) is 2.73. The van der Waals surface area contributed by atoms with E-state index in [1.807, 2.05) is 6.92 Å². The van der Waals surface area contributed by atoms with Gasteiger partial charge < -0.3 is 14.7 Å². The molecule has 0 spiro atoms. The van der Waals surface area contributed by atoms with E-state index in [1.165, 1.54) is 0 Å². The molecule has 1 saturated heterocycles. The molecule has 1 heterocycles. The topological polar surface area (TPSA) is 49.8 Å². The second kappa shape index (κ2) is 5.64. The van der Waals surface area contributed by atoms with Gasteiger partial charge >= 0.3 is 0 Å². The van der Waals surface area contributed by atoms with Crippen LogP contribution in [-0.2, 0) is 9.53 Å². The summed E-state index contributed by atoms with van der Waals surface area (Å²) in [5.41, 5.74) is -0.847. The third-order valence-corrected chi connectivity index (χ3v) is 2.73. The van der Waals surface area contributed by atoms with Crippen LogP contribution in [0.1, 0.15) is 40.0 Å². The van der Waals surface area contributed by atoms with Crippen LogP contribution in [0.3, 0.4) is 0 Å². The van der Waals surface area contributed by atoms with Crippen molar-refractivity contribution in [1.82, 2.24) is 4.90 Å². The fraction of sp³-hybridized carbons (Fsp3) is 0.917. The van der Waals surface area contributed by atoms with Gasteiger partial charge in [0.1, 0.15) is 6.10 Å². The molecule has 94 valence electrons. The van der Waals surface area contributed by atoms with E-state index in [9.17, 15) is 9.90 Å². The Morgan fingerprint density at radius 1 is 1.50 bits per heavy atom. The highest BCUT2D eigenvalue weighted by Gasteiger charge is 2.28. The molecule has 0 aromatic rings. The number of hydrogen-bond acceptors (Lipinski definition) is 3. The van der Waals surface area contributed by atoms with E-state index in [4.69, 9.17) is 4.74 Å². The molecule has 0 bridgehead atoms. The summed E-state index contributed by atoms with van der Waals surface area (Å²) in [5, 5.41) is 9.73. The zero-order valence-electron chi connectivity index (χ0n) is 10.5. The van der Waals surface area contributed by atoms with E-state index in [2.05, 4.69) is 0 Å². The quantitative estimate of drug-likeness (QED) is 0.787. The van der Waals surface area contributed by atoms with E-state index < -0.39 is 5.60 Å². The first-order chi connectivity index (χ1) is 7.44. The predicted octanol–water partition coefficient (Wildman–Crippen LogP) is 1.17. The summed E-state index contributed by atoms with van der Waals surface area (Å²) in [6.45, 7) is 7.00. The monoisotopic (exact) mass is 229 g/mol. The van der Waals surface area contributed by atoms with Crippen LogP contribution in [0.4, 0.5) is 0 Å². The average molecular weight is 229 g/mol. The normalized spacial score (nSPS) is 21.9. The molecule has 1 fully saturated rings. The Bertz CT molecular complexity index is 229. The molecule has 1 amide bonds. The Hall–Kier alpha value is -0.610. The molecule has 16 heavy (non-hydrogen) atoms. The van der Waals surface area contributed by atoms with Crippen molar-refractivity contribution >= 4 is 5.91 Å². The van der Waals surface area contributed by atoms with Gasteiger partial charge in [-0.2, -0.15) is 0 Å². The van der Waals surface area contributed by atoms with Gasteiger partial charge in [-0.15, -0.1) is 0 Å². The van der Waals surface area contributed by atoms with Crippen molar-refractivity contribution in [3.05, 3.63) is 0 Å². The van der Waals surface area contributed by atoms with Gasteiger partial charge in [-0.3, -0.25) is 4.79 Å². The average Bonchev–Trinajstić information content (AvgIpc) is 2.25. The van der Waals surface area contributed by atoms with Gasteiger partial charge in [0.25, 0.3) is 5.91 Å². The van der Waals surface area contributed by atoms with Crippen molar-refractivity contribution in [3.8, 4) is 0 Å². The summed E-state index contributed by atoms with van der Waals surface area (Å²) >= 11 is 0. The number of nitrogens with zero attached hydrogens (tertiary/aromatic N) is 1. The third kappa shape index (κ3) is 4.10. The largest absolute Gasteiger partial charge is 0.389 e. The van der Waals surface area contributed by atoms with Crippen molar-refractivity contribution in [3.63, 3.8) is 0 Å². The van der Waals surface area contributed by atoms with E-state index in [0.717, 1.165) is 19.3 Å². The summed E-state index contributed by atoms with van der Waals surface area (Å²) < 4.78 is 5.46. The lowest BCUT2D eigenvalue weighted by atomic mass is 10.1. The minimum Gasteiger partial charge on any atom is -0.389 e. The highest BCUT2D eigenvalue weighted by atomic mass is 16.5. The van der Waals surface area contributed by atoms with Crippen LogP contribution in [0.25, 0.3) is 0 Å². The van der Waals surface area contributed by atoms with Crippen molar-refractivity contribution < 1.29 is 14.6 Å². The van der Waals surface area contributed by atoms with E-state index in [0.29, 0.717) is 19.7 Å². The summed E-state index contributed by atoms with van der Waals surface area (Å²) in [6.07, 6.45) is 2.61. The maximum atomic E-state index is 12.1. The van der Waals surface area contributed by atoms with Gasteiger partial charge in [0.15, 0.2) is 0 Å².